The van der Waals surface area contributed by atoms with Crippen LogP contribution < -0.4 is 10.0 Å². The molecule has 2 rings (SSSR count). The highest BCUT2D eigenvalue weighted by Gasteiger charge is 2.14. The fourth-order valence-electron chi connectivity index (χ4n) is 1.47. The van der Waals surface area contributed by atoms with Gasteiger partial charge < -0.3 is 5.32 Å². The van der Waals surface area contributed by atoms with Crippen LogP contribution in [0.4, 0.5) is 5.82 Å². The van der Waals surface area contributed by atoms with Crippen LogP contribution in [0.2, 0.25) is 0 Å². The second kappa shape index (κ2) is 6.78. The average molecular weight is 312 g/mol. The summed E-state index contributed by atoms with van der Waals surface area (Å²) in [5, 5.41) is 4.90. The number of hydrogen-bond acceptors (Lipinski definition) is 6. The summed E-state index contributed by atoms with van der Waals surface area (Å²) < 4.78 is 26.6. The molecule has 0 fully saturated rings. The van der Waals surface area contributed by atoms with Gasteiger partial charge in [-0.1, -0.05) is 6.92 Å². The fraction of sp³-hybridized carbons (Fsp3) is 0.333. The van der Waals surface area contributed by atoms with Crippen LogP contribution in [0, 0.1) is 0 Å². The molecule has 2 aromatic heterocycles. The molecule has 6 nitrogen and oxygen atoms in total. The molecule has 0 radical (unpaired) electrons. The van der Waals surface area contributed by atoms with Gasteiger partial charge in [-0.05, 0) is 18.6 Å². The normalized spacial score (nSPS) is 11.4. The quantitative estimate of drug-likeness (QED) is 0.815. The van der Waals surface area contributed by atoms with E-state index in [2.05, 4.69) is 20.0 Å². The van der Waals surface area contributed by atoms with E-state index in [1.54, 1.807) is 17.0 Å². The Morgan fingerprint density at radius 2 is 2.15 bits per heavy atom. The van der Waals surface area contributed by atoms with Crippen LogP contribution in [0.3, 0.4) is 0 Å². The van der Waals surface area contributed by atoms with E-state index in [1.807, 2.05) is 6.92 Å². The maximum atomic E-state index is 12.1. The smallest absolute Gasteiger partial charge is 0.242 e. The van der Waals surface area contributed by atoms with Gasteiger partial charge in [-0.15, -0.1) is 11.3 Å². The van der Waals surface area contributed by atoms with Gasteiger partial charge in [0.05, 0.1) is 17.7 Å². The van der Waals surface area contributed by atoms with Crippen molar-refractivity contribution in [2.24, 2.45) is 0 Å². The third-order valence-corrected chi connectivity index (χ3v) is 4.55. The lowest BCUT2D eigenvalue weighted by molar-refractivity contribution is 0.580. The van der Waals surface area contributed by atoms with Gasteiger partial charge in [-0.25, -0.2) is 23.1 Å². The number of sulfonamides is 1. The lowest BCUT2D eigenvalue weighted by Gasteiger charge is -2.07. The molecule has 0 unspecified atom stereocenters. The molecule has 0 saturated carbocycles. The van der Waals surface area contributed by atoms with E-state index < -0.39 is 10.0 Å². The van der Waals surface area contributed by atoms with Gasteiger partial charge in [0, 0.05) is 18.1 Å². The Morgan fingerprint density at radius 1 is 1.30 bits per heavy atom. The van der Waals surface area contributed by atoms with Crippen LogP contribution in [-0.2, 0) is 16.6 Å². The maximum Gasteiger partial charge on any atom is 0.242 e. The first-order valence-corrected chi connectivity index (χ1v) is 8.61. The zero-order valence-electron chi connectivity index (χ0n) is 11.0. The first-order chi connectivity index (χ1) is 9.62. The summed E-state index contributed by atoms with van der Waals surface area (Å²) >= 11 is 1.43. The molecule has 108 valence electrons. The number of pyridine rings is 1. The van der Waals surface area contributed by atoms with Gasteiger partial charge in [0.15, 0.2) is 0 Å². The van der Waals surface area contributed by atoms with E-state index in [0.717, 1.165) is 13.0 Å². The van der Waals surface area contributed by atoms with Crippen LogP contribution in [0.25, 0.3) is 0 Å². The number of rotatable bonds is 7. The van der Waals surface area contributed by atoms with Crippen molar-refractivity contribution >= 4 is 27.2 Å². The van der Waals surface area contributed by atoms with E-state index in [1.165, 1.54) is 23.6 Å². The Hall–Kier alpha value is -1.51. The molecule has 2 heterocycles. The summed E-state index contributed by atoms with van der Waals surface area (Å²) in [6.45, 7) is 3.04. The second-order valence-electron chi connectivity index (χ2n) is 4.11. The minimum absolute atomic E-state index is 0.148. The van der Waals surface area contributed by atoms with E-state index in [4.69, 9.17) is 0 Å². The van der Waals surface area contributed by atoms with Crippen molar-refractivity contribution in [3.63, 3.8) is 0 Å². The van der Waals surface area contributed by atoms with Gasteiger partial charge in [0.1, 0.15) is 10.7 Å². The van der Waals surface area contributed by atoms with Gasteiger partial charge in [-0.3, -0.25) is 0 Å². The molecule has 0 aliphatic heterocycles. The zero-order chi connectivity index (χ0) is 14.4. The van der Waals surface area contributed by atoms with Crippen molar-refractivity contribution in [1.82, 2.24) is 14.7 Å². The van der Waals surface area contributed by atoms with Crippen LogP contribution in [0.5, 0.6) is 0 Å². The summed E-state index contributed by atoms with van der Waals surface area (Å²) in [6, 6.07) is 3.20. The Labute approximate surface area is 122 Å². The molecule has 2 N–H and O–H groups in total. The predicted octanol–water partition coefficient (Wildman–Crippen LogP) is 1.84. The van der Waals surface area contributed by atoms with Crippen LogP contribution in [0.1, 0.15) is 19.0 Å². The van der Waals surface area contributed by atoms with Crippen LogP contribution in [-0.4, -0.2) is 24.9 Å². The topological polar surface area (TPSA) is 84.0 Å². The molecule has 20 heavy (non-hydrogen) atoms. The number of thiazole rings is 1. The van der Waals surface area contributed by atoms with Crippen molar-refractivity contribution in [3.05, 3.63) is 34.9 Å². The van der Waals surface area contributed by atoms with Crippen LogP contribution >= 0.6 is 11.3 Å². The van der Waals surface area contributed by atoms with Crippen molar-refractivity contribution in [2.45, 2.75) is 24.8 Å². The SMILES string of the molecule is CCCNc1ccc(S(=O)(=O)NCc2cscn2)cn1. The van der Waals surface area contributed by atoms with E-state index >= 15 is 0 Å². The Morgan fingerprint density at radius 3 is 2.75 bits per heavy atom. The first-order valence-electron chi connectivity index (χ1n) is 6.18. The van der Waals surface area contributed by atoms with Crippen LogP contribution in [0.15, 0.2) is 34.1 Å². The summed E-state index contributed by atoms with van der Waals surface area (Å²) in [5.41, 5.74) is 2.37. The molecule has 0 amide bonds. The van der Waals surface area contributed by atoms with E-state index in [9.17, 15) is 8.42 Å². The lowest BCUT2D eigenvalue weighted by atomic mass is 10.4. The molecular weight excluding hydrogens is 296 g/mol. The van der Waals surface area contributed by atoms with Gasteiger partial charge >= 0.3 is 0 Å². The van der Waals surface area contributed by atoms with Crippen molar-refractivity contribution in [1.29, 1.82) is 0 Å². The van der Waals surface area contributed by atoms with Crippen molar-refractivity contribution in [3.8, 4) is 0 Å². The number of hydrogen-bond donors (Lipinski definition) is 2. The van der Waals surface area contributed by atoms with Gasteiger partial charge in [0.25, 0.3) is 0 Å². The largest absolute Gasteiger partial charge is 0.370 e. The van der Waals surface area contributed by atoms with Crippen molar-refractivity contribution in [2.75, 3.05) is 11.9 Å². The molecule has 0 aliphatic rings. The Balaban J connectivity index is 2.01. The van der Waals surface area contributed by atoms with E-state index in [0.29, 0.717) is 11.5 Å². The number of nitrogens with one attached hydrogen (secondary N) is 2. The molecule has 0 aromatic carbocycles. The third-order valence-electron chi connectivity index (χ3n) is 2.53. The Kier molecular flexibility index (Phi) is 5.05. The maximum absolute atomic E-state index is 12.1. The Bertz CT molecular complexity index is 624. The number of nitrogens with zero attached hydrogens (tertiary/aromatic N) is 2. The second-order valence-corrected chi connectivity index (χ2v) is 6.60. The molecule has 0 atom stereocenters. The predicted molar refractivity (Wildman–Crippen MR) is 79.2 cm³/mol. The minimum atomic E-state index is -3.55. The molecular formula is C12H16N4O2S2. The molecule has 2 aromatic rings. The fourth-order valence-corrected chi connectivity index (χ4v) is 2.98. The third kappa shape index (κ3) is 3.99. The van der Waals surface area contributed by atoms with E-state index in [-0.39, 0.29) is 11.4 Å². The highest BCUT2D eigenvalue weighted by Crippen LogP contribution is 2.11. The zero-order valence-corrected chi connectivity index (χ0v) is 12.7. The number of aromatic nitrogens is 2. The van der Waals surface area contributed by atoms with Crippen molar-refractivity contribution < 1.29 is 8.42 Å². The standard InChI is InChI=1S/C12H16N4O2S2/c1-2-5-13-12-4-3-11(7-14-12)20(17,18)16-6-10-8-19-9-15-10/h3-4,7-9,16H,2,5-6H2,1H3,(H,13,14). The lowest BCUT2D eigenvalue weighted by Crippen LogP contribution is -2.23. The molecule has 0 spiro atoms. The first kappa shape index (κ1) is 14.9. The highest BCUT2D eigenvalue weighted by molar-refractivity contribution is 7.89. The summed E-state index contributed by atoms with van der Waals surface area (Å²) in [4.78, 5) is 8.26. The number of anilines is 1. The summed E-state index contributed by atoms with van der Waals surface area (Å²) in [5.74, 6) is 0.672. The minimum Gasteiger partial charge on any atom is -0.370 e. The summed E-state index contributed by atoms with van der Waals surface area (Å²) in [6.07, 6.45) is 2.33. The molecule has 8 heteroatoms. The molecule has 0 saturated heterocycles. The highest BCUT2D eigenvalue weighted by atomic mass is 32.2. The van der Waals surface area contributed by atoms with Gasteiger partial charge in [0.2, 0.25) is 10.0 Å². The average Bonchev–Trinajstić information content (AvgIpc) is 2.97. The monoisotopic (exact) mass is 312 g/mol. The molecule has 0 aliphatic carbocycles. The van der Waals surface area contributed by atoms with Gasteiger partial charge in [-0.2, -0.15) is 0 Å². The molecule has 0 bridgehead atoms. The summed E-state index contributed by atoms with van der Waals surface area (Å²) in [7, 11) is -3.55.